The number of nitrogens with two attached hydrogens (primary N) is 1. The Hall–Kier alpha value is -1.24. The van der Waals surface area contributed by atoms with Crippen molar-refractivity contribution in [3.05, 3.63) is 45.3 Å². The smallest absolute Gasteiger partial charge is 0.329 e. The summed E-state index contributed by atoms with van der Waals surface area (Å²) in [6.45, 7) is 0.455. The summed E-state index contributed by atoms with van der Waals surface area (Å²) in [7, 11) is 0. The Balaban J connectivity index is 1.87. The van der Waals surface area contributed by atoms with E-state index >= 15 is 0 Å². The Morgan fingerprint density at radius 2 is 2.35 bits per heavy atom. The minimum absolute atomic E-state index is 0.0291. The lowest BCUT2D eigenvalue weighted by Gasteiger charge is -2.14. The maximum Gasteiger partial charge on any atom is 0.344 e. The highest BCUT2D eigenvalue weighted by molar-refractivity contribution is 7.99. The van der Waals surface area contributed by atoms with Crippen molar-refractivity contribution in [1.82, 2.24) is 14.8 Å². The van der Waals surface area contributed by atoms with Crippen LogP contribution in [0.3, 0.4) is 0 Å². The summed E-state index contributed by atoms with van der Waals surface area (Å²) in [5.74, 6) is 0. The van der Waals surface area contributed by atoms with Gasteiger partial charge in [-0.3, -0.25) is 4.57 Å². The van der Waals surface area contributed by atoms with E-state index < -0.39 is 0 Å². The topological polar surface area (TPSA) is 76.7 Å². The molecule has 1 aromatic heterocycles. The van der Waals surface area contributed by atoms with Gasteiger partial charge in [0.1, 0.15) is 0 Å². The summed E-state index contributed by atoms with van der Waals surface area (Å²) < 4.78 is 1.73. The minimum atomic E-state index is -0.142. The minimum Gasteiger partial charge on any atom is -0.329 e. The van der Waals surface area contributed by atoms with Crippen LogP contribution >= 0.6 is 23.4 Å². The molecule has 1 heterocycles. The Kier molecular flexibility index (Phi) is 3.87. The van der Waals surface area contributed by atoms with Crippen LogP contribution in [0.1, 0.15) is 29.7 Å². The van der Waals surface area contributed by atoms with Crippen LogP contribution in [0.2, 0.25) is 5.02 Å². The number of thioether (sulfide) groups is 1. The van der Waals surface area contributed by atoms with Gasteiger partial charge >= 0.3 is 5.69 Å². The fourth-order valence-corrected chi connectivity index (χ4v) is 3.39. The highest BCUT2D eigenvalue weighted by atomic mass is 35.5. The molecule has 0 aliphatic heterocycles. The number of rotatable bonds is 5. The number of benzene rings is 1. The van der Waals surface area contributed by atoms with Crippen LogP contribution in [-0.2, 0) is 0 Å². The van der Waals surface area contributed by atoms with Crippen molar-refractivity contribution >= 4 is 23.4 Å². The molecule has 1 atom stereocenters. The second kappa shape index (κ2) is 5.63. The number of halogens is 1. The van der Waals surface area contributed by atoms with E-state index in [2.05, 4.69) is 10.2 Å². The third-order valence-electron chi connectivity index (χ3n) is 3.27. The Morgan fingerprint density at radius 1 is 1.55 bits per heavy atom. The van der Waals surface area contributed by atoms with Crippen molar-refractivity contribution < 1.29 is 0 Å². The van der Waals surface area contributed by atoms with Crippen molar-refractivity contribution in [2.45, 2.75) is 29.3 Å². The fourth-order valence-electron chi connectivity index (χ4n) is 2.11. The number of aromatic amines is 1. The number of aromatic nitrogens is 3. The average molecular weight is 311 g/mol. The van der Waals surface area contributed by atoms with E-state index in [9.17, 15) is 4.79 Å². The molecule has 0 radical (unpaired) electrons. The summed E-state index contributed by atoms with van der Waals surface area (Å²) in [5.41, 5.74) is 6.76. The molecule has 1 unspecified atom stereocenters. The largest absolute Gasteiger partial charge is 0.344 e. The van der Waals surface area contributed by atoms with Gasteiger partial charge in [0, 0.05) is 22.9 Å². The zero-order valence-electron chi connectivity index (χ0n) is 10.8. The third kappa shape index (κ3) is 2.77. The molecule has 3 N–H and O–H groups in total. The van der Waals surface area contributed by atoms with E-state index in [-0.39, 0.29) is 10.9 Å². The molecule has 3 rings (SSSR count). The highest BCUT2D eigenvalue weighted by Gasteiger charge is 2.29. The molecule has 106 valence electrons. The first-order chi connectivity index (χ1) is 9.69. The lowest BCUT2D eigenvalue weighted by molar-refractivity contribution is 0.641. The molecule has 0 amide bonds. The molecule has 1 aliphatic rings. The van der Waals surface area contributed by atoms with Gasteiger partial charge in [0.05, 0.1) is 0 Å². The standard InChI is InChI=1S/C13H15ClN4OS/c14-9-3-1-2-8(6-9)11(7-15)20-13-17-16-12(19)18(13)10-4-5-10/h1-3,6,10-11H,4-5,7,15H2,(H,16,19). The van der Waals surface area contributed by atoms with E-state index in [0.29, 0.717) is 22.8 Å². The van der Waals surface area contributed by atoms with Crippen LogP contribution in [0.25, 0.3) is 0 Å². The summed E-state index contributed by atoms with van der Waals surface area (Å²) in [6, 6.07) is 7.92. The van der Waals surface area contributed by atoms with Gasteiger partial charge in [-0.25, -0.2) is 9.89 Å². The van der Waals surface area contributed by atoms with Crippen molar-refractivity contribution in [3.8, 4) is 0 Å². The molecule has 1 fully saturated rings. The van der Waals surface area contributed by atoms with Gasteiger partial charge in [-0.2, -0.15) is 0 Å². The molecule has 2 aromatic rings. The van der Waals surface area contributed by atoms with Crippen LogP contribution in [0.4, 0.5) is 0 Å². The monoisotopic (exact) mass is 310 g/mol. The maximum atomic E-state index is 11.8. The number of nitrogens with zero attached hydrogens (tertiary/aromatic N) is 2. The maximum absolute atomic E-state index is 11.8. The molecule has 20 heavy (non-hydrogen) atoms. The molecule has 1 aliphatic carbocycles. The third-order valence-corrected chi connectivity index (χ3v) is 4.75. The van der Waals surface area contributed by atoms with Crippen LogP contribution in [0.15, 0.2) is 34.2 Å². The van der Waals surface area contributed by atoms with Crippen molar-refractivity contribution in [1.29, 1.82) is 0 Å². The normalized spacial score (nSPS) is 16.3. The van der Waals surface area contributed by atoms with Gasteiger partial charge in [0.15, 0.2) is 5.16 Å². The van der Waals surface area contributed by atoms with Crippen molar-refractivity contribution in [3.63, 3.8) is 0 Å². The first kappa shape index (κ1) is 13.7. The first-order valence-corrected chi connectivity index (χ1v) is 7.74. The van der Waals surface area contributed by atoms with Gasteiger partial charge in [0.2, 0.25) is 0 Å². The van der Waals surface area contributed by atoms with Gasteiger partial charge < -0.3 is 5.73 Å². The van der Waals surface area contributed by atoms with Gasteiger partial charge in [-0.1, -0.05) is 35.5 Å². The molecular formula is C13H15ClN4OS. The van der Waals surface area contributed by atoms with E-state index in [1.165, 1.54) is 11.8 Å². The van der Waals surface area contributed by atoms with Crippen molar-refractivity contribution in [2.24, 2.45) is 5.73 Å². The lowest BCUT2D eigenvalue weighted by atomic mass is 10.1. The highest BCUT2D eigenvalue weighted by Crippen LogP contribution is 2.39. The molecule has 5 nitrogen and oxygen atoms in total. The summed E-state index contributed by atoms with van der Waals surface area (Å²) in [5, 5.41) is 8.05. The molecule has 1 saturated carbocycles. The van der Waals surface area contributed by atoms with Crippen LogP contribution in [-0.4, -0.2) is 21.3 Å². The molecular weight excluding hydrogens is 296 g/mol. The van der Waals surface area contributed by atoms with Crippen molar-refractivity contribution in [2.75, 3.05) is 6.54 Å². The zero-order valence-corrected chi connectivity index (χ0v) is 12.3. The molecule has 0 spiro atoms. The molecule has 1 aromatic carbocycles. The first-order valence-electron chi connectivity index (χ1n) is 6.48. The lowest BCUT2D eigenvalue weighted by Crippen LogP contribution is -2.17. The summed E-state index contributed by atoms with van der Waals surface area (Å²) in [6.07, 6.45) is 2.08. The summed E-state index contributed by atoms with van der Waals surface area (Å²) in [4.78, 5) is 11.8. The van der Waals surface area contributed by atoms with E-state index in [1.807, 2.05) is 24.3 Å². The Labute approximate surface area is 125 Å². The number of hydrogen-bond donors (Lipinski definition) is 2. The van der Waals surface area contributed by atoms with E-state index in [0.717, 1.165) is 18.4 Å². The number of nitrogens with one attached hydrogen (secondary N) is 1. The molecule has 0 saturated heterocycles. The van der Waals surface area contributed by atoms with E-state index in [1.54, 1.807) is 4.57 Å². The van der Waals surface area contributed by atoms with E-state index in [4.69, 9.17) is 17.3 Å². The Morgan fingerprint density at radius 3 is 3.00 bits per heavy atom. The second-order valence-corrected chi connectivity index (χ2v) is 6.42. The Bertz CT molecular complexity index is 664. The van der Waals surface area contributed by atoms with Crippen LogP contribution in [0.5, 0.6) is 0 Å². The van der Waals surface area contributed by atoms with Crippen LogP contribution < -0.4 is 11.4 Å². The number of hydrogen-bond acceptors (Lipinski definition) is 4. The summed E-state index contributed by atoms with van der Waals surface area (Å²) >= 11 is 7.52. The SMILES string of the molecule is NCC(Sc1n[nH]c(=O)n1C1CC1)c1cccc(Cl)c1. The predicted octanol–water partition coefficient (Wildman–Crippen LogP) is 2.35. The fraction of sp³-hybridized carbons (Fsp3) is 0.385. The van der Waals surface area contributed by atoms with Gasteiger partial charge in [0.25, 0.3) is 0 Å². The average Bonchev–Trinajstić information content (AvgIpc) is 3.20. The predicted molar refractivity (Wildman–Crippen MR) is 80.2 cm³/mol. The zero-order chi connectivity index (χ0) is 14.1. The molecule has 0 bridgehead atoms. The molecule has 7 heteroatoms. The van der Waals surface area contributed by atoms with Crippen LogP contribution in [0, 0.1) is 0 Å². The second-order valence-electron chi connectivity index (χ2n) is 4.81. The van der Waals surface area contributed by atoms with Gasteiger partial charge in [-0.15, -0.1) is 5.10 Å². The van der Waals surface area contributed by atoms with Gasteiger partial charge in [-0.05, 0) is 30.5 Å². The quantitative estimate of drug-likeness (QED) is 0.831. The number of H-pyrrole nitrogens is 1.